The maximum Gasteiger partial charge on any atom is 0.159 e. The minimum absolute atomic E-state index is 0.146. The van der Waals surface area contributed by atoms with Gasteiger partial charge in [-0.2, -0.15) is 5.10 Å². The number of hydrogen-bond acceptors (Lipinski definition) is 3. The molecule has 0 unspecified atom stereocenters. The molecular formula is C12H7Cl4N3. The molecule has 0 saturated heterocycles. The lowest BCUT2D eigenvalue weighted by Crippen LogP contribution is -1.99. The largest absolute Gasteiger partial charge is 0.277 e. The number of hydrogen-bond donors (Lipinski definition) is 1. The Hall–Kier alpha value is -1.00. The van der Waals surface area contributed by atoms with Crippen LogP contribution in [0.4, 0.5) is 5.69 Å². The molecule has 3 nitrogen and oxygen atoms in total. The summed E-state index contributed by atoms with van der Waals surface area (Å²) >= 11 is 23.8. The minimum atomic E-state index is 0.146. The van der Waals surface area contributed by atoms with Crippen LogP contribution in [-0.4, -0.2) is 10.2 Å². The van der Waals surface area contributed by atoms with Crippen LogP contribution in [-0.2, 0) is 0 Å². The van der Waals surface area contributed by atoms with Gasteiger partial charge in [-0.25, -0.2) is 0 Å². The predicted molar refractivity (Wildman–Crippen MR) is 81.7 cm³/mol. The number of rotatable bonds is 3. The number of anilines is 1. The summed E-state index contributed by atoms with van der Waals surface area (Å²) in [5, 5.41) is 5.46. The van der Waals surface area contributed by atoms with Gasteiger partial charge in [0.25, 0.3) is 0 Å². The van der Waals surface area contributed by atoms with Gasteiger partial charge in [-0.15, -0.1) is 0 Å². The summed E-state index contributed by atoms with van der Waals surface area (Å²) in [5.74, 6) is 0. The molecule has 7 heteroatoms. The van der Waals surface area contributed by atoms with Crippen molar-refractivity contribution in [3.63, 3.8) is 0 Å². The van der Waals surface area contributed by atoms with E-state index < -0.39 is 0 Å². The van der Waals surface area contributed by atoms with Gasteiger partial charge in [-0.3, -0.25) is 10.4 Å². The van der Waals surface area contributed by atoms with E-state index in [-0.39, 0.29) is 5.17 Å². The van der Waals surface area contributed by atoms with Crippen LogP contribution in [0.2, 0.25) is 15.1 Å². The lowest BCUT2D eigenvalue weighted by Gasteiger charge is -2.05. The molecule has 0 saturated carbocycles. The Balaban J connectivity index is 2.22. The normalized spacial score (nSPS) is 11.5. The van der Waals surface area contributed by atoms with Crippen molar-refractivity contribution in [1.82, 2.24) is 4.98 Å². The van der Waals surface area contributed by atoms with Crippen LogP contribution in [0.3, 0.4) is 0 Å². The van der Waals surface area contributed by atoms with Crippen LogP contribution in [0.5, 0.6) is 0 Å². The molecule has 0 aliphatic carbocycles. The van der Waals surface area contributed by atoms with Crippen LogP contribution >= 0.6 is 46.4 Å². The Kier molecular flexibility index (Phi) is 4.88. The van der Waals surface area contributed by atoms with E-state index in [0.29, 0.717) is 20.6 Å². The van der Waals surface area contributed by atoms with E-state index in [1.165, 1.54) is 12.4 Å². The molecule has 1 aromatic carbocycles. The third-order valence-corrected chi connectivity index (χ3v) is 3.29. The first-order valence-electron chi connectivity index (χ1n) is 5.12. The van der Waals surface area contributed by atoms with E-state index in [9.17, 15) is 0 Å². The second-order valence-electron chi connectivity index (χ2n) is 3.50. The number of nitrogens with zero attached hydrogens (tertiary/aromatic N) is 2. The van der Waals surface area contributed by atoms with Gasteiger partial charge < -0.3 is 0 Å². The maximum atomic E-state index is 6.06. The highest BCUT2D eigenvalue weighted by Gasteiger charge is 2.11. The van der Waals surface area contributed by atoms with Gasteiger partial charge >= 0.3 is 0 Å². The molecule has 0 amide bonds. The highest BCUT2D eigenvalue weighted by atomic mass is 35.5. The monoisotopic (exact) mass is 333 g/mol. The zero-order chi connectivity index (χ0) is 13.8. The third kappa shape index (κ3) is 3.74. The van der Waals surface area contributed by atoms with E-state index in [0.717, 1.165) is 5.69 Å². The van der Waals surface area contributed by atoms with Gasteiger partial charge in [0.1, 0.15) is 0 Å². The predicted octanol–water partition coefficient (Wildman–Crippen LogP) is 5.05. The maximum absolute atomic E-state index is 6.06. The fraction of sp³-hybridized carbons (Fsp3) is 0. The van der Waals surface area contributed by atoms with Crippen molar-refractivity contribution >= 4 is 57.3 Å². The van der Waals surface area contributed by atoms with Crippen LogP contribution in [0, 0.1) is 0 Å². The second kappa shape index (κ2) is 6.44. The summed E-state index contributed by atoms with van der Waals surface area (Å²) in [6.07, 6.45) is 2.89. The Morgan fingerprint density at radius 2 is 1.58 bits per heavy atom. The summed E-state index contributed by atoms with van der Waals surface area (Å²) in [5.41, 5.74) is 3.96. The van der Waals surface area contributed by atoms with Gasteiger partial charge in [0.15, 0.2) is 5.17 Å². The zero-order valence-corrected chi connectivity index (χ0v) is 12.4. The third-order valence-electron chi connectivity index (χ3n) is 2.19. The van der Waals surface area contributed by atoms with Crippen molar-refractivity contribution in [3.8, 4) is 0 Å². The van der Waals surface area contributed by atoms with Crippen molar-refractivity contribution in [2.24, 2.45) is 5.10 Å². The van der Waals surface area contributed by atoms with Crippen molar-refractivity contribution in [3.05, 3.63) is 57.3 Å². The first-order chi connectivity index (χ1) is 9.08. The van der Waals surface area contributed by atoms with Crippen molar-refractivity contribution in [2.45, 2.75) is 0 Å². The average molecular weight is 335 g/mol. The molecular weight excluding hydrogens is 328 g/mol. The van der Waals surface area contributed by atoms with Gasteiger partial charge in [-0.05, 0) is 24.3 Å². The zero-order valence-electron chi connectivity index (χ0n) is 9.37. The van der Waals surface area contributed by atoms with Crippen molar-refractivity contribution in [2.75, 3.05) is 5.43 Å². The molecule has 0 fully saturated rings. The number of benzene rings is 1. The Morgan fingerprint density at radius 1 is 1.00 bits per heavy atom. The molecule has 2 rings (SSSR count). The van der Waals surface area contributed by atoms with Crippen LogP contribution in [0.25, 0.3) is 0 Å². The summed E-state index contributed by atoms with van der Waals surface area (Å²) < 4.78 is 0. The Labute approximate surface area is 130 Å². The van der Waals surface area contributed by atoms with Crippen molar-refractivity contribution < 1.29 is 0 Å². The number of nitrogens with one attached hydrogen (secondary N) is 1. The fourth-order valence-corrected chi connectivity index (χ4v) is 2.31. The van der Waals surface area contributed by atoms with E-state index >= 15 is 0 Å². The van der Waals surface area contributed by atoms with Gasteiger partial charge in [0.05, 0.1) is 21.3 Å². The summed E-state index contributed by atoms with van der Waals surface area (Å²) in [6.45, 7) is 0. The smallest absolute Gasteiger partial charge is 0.159 e. The van der Waals surface area contributed by atoms with Gasteiger partial charge in [-0.1, -0.05) is 46.4 Å². The average Bonchev–Trinajstić information content (AvgIpc) is 2.38. The topological polar surface area (TPSA) is 37.3 Å². The quantitative estimate of drug-likeness (QED) is 0.629. The summed E-state index contributed by atoms with van der Waals surface area (Å²) in [7, 11) is 0. The van der Waals surface area contributed by atoms with Crippen LogP contribution in [0.1, 0.15) is 5.56 Å². The molecule has 1 heterocycles. The molecule has 1 N–H and O–H groups in total. The van der Waals surface area contributed by atoms with E-state index in [1.54, 1.807) is 24.3 Å². The standard InChI is InChI=1S/C12H7Cl4N3/c13-7-1-3-8(4-2-7)18-19-12(16)11-9(14)5-17-6-10(11)15/h1-6,18H/b19-12-. The highest BCUT2D eigenvalue weighted by molar-refractivity contribution is 6.71. The lowest BCUT2D eigenvalue weighted by molar-refractivity contribution is 1.31. The molecule has 19 heavy (non-hydrogen) atoms. The summed E-state index contributed by atoms with van der Waals surface area (Å²) in [6, 6.07) is 7.01. The molecule has 0 aliphatic heterocycles. The number of aromatic nitrogens is 1. The number of hydrazone groups is 1. The summed E-state index contributed by atoms with van der Waals surface area (Å²) in [4.78, 5) is 3.84. The molecule has 2 aromatic rings. The number of pyridine rings is 1. The fourth-order valence-electron chi connectivity index (χ4n) is 1.30. The van der Waals surface area contributed by atoms with E-state index in [4.69, 9.17) is 46.4 Å². The second-order valence-corrected chi connectivity index (χ2v) is 5.11. The molecule has 1 aromatic heterocycles. The van der Waals surface area contributed by atoms with Gasteiger partial charge in [0.2, 0.25) is 0 Å². The Morgan fingerprint density at radius 3 is 2.16 bits per heavy atom. The molecule has 0 atom stereocenters. The molecule has 0 spiro atoms. The van der Waals surface area contributed by atoms with Crippen LogP contribution in [0.15, 0.2) is 41.8 Å². The van der Waals surface area contributed by atoms with Crippen LogP contribution < -0.4 is 5.43 Å². The Bertz CT molecular complexity index is 591. The minimum Gasteiger partial charge on any atom is -0.277 e. The first kappa shape index (κ1) is 14.4. The highest BCUT2D eigenvalue weighted by Crippen LogP contribution is 2.25. The number of halogens is 4. The molecule has 0 bridgehead atoms. The van der Waals surface area contributed by atoms with E-state index in [1.807, 2.05) is 0 Å². The lowest BCUT2D eigenvalue weighted by atomic mass is 10.3. The van der Waals surface area contributed by atoms with Gasteiger partial charge in [0, 0.05) is 17.4 Å². The first-order valence-corrected chi connectivity index (χ1v) is 6.63. The van der Waals surface area contributed by atoms with E-state index in [2.05, 4.69) is 15.5 Å². The SMILES string of the molecule is Cl/C(=N\Nc1ccc(Cl)cc1)c1c(Cl)cncc1Cl. The molecule has 98 valence electrons. The molecule has 0 aliphatic rings. The van der Waals surface area contributed by atoms with Crippen molar-refractivity contribution in [1.29, 1.82) is 0 Å². The molecule has 0 radical (unpaired) electrons.